The van der Waals surface area contributed by atoms with E-state index in [1.165, 1.54) is 6.07 Å². The Morgan fingerprint density at radius 1 is 1.45 bits per heavy atom. The molecule has 1 rings (SSSR count). The largest absolute Gasteiger partial charge is 0.314 e. The van der Waals surface area contributed by atoms with Crippen molar-refractivity contribution in [3.05, 3.63) is 35.6 Å². The van der Waals surface area contributed by atoms with Gasteiger partial charge in [0, 0.05) is 5.56 Å². The van der Waals surface area contributed by atoms with Crippen molar-refractivity contribution in [1.29, 1.82) is 0 Å². The molecule has 0 amide bonds. The van der Waals surface area contributed by atoms with Crippen LogP contribution in [0.25, 0.3) is 0 Å². The molecule has 0 aliphatic carbocycles. The van der Waals surface area contributed by atoms with Crippen molar-refractivity contribution in [1.82, 2.24) is 0 Å². The van der Waals surface area contributed by atoms with Gasteiger partial charge in [-0.1, -0.05) is 24.1 Å². The molecule has 0 aliphatic heterocycles. The Bertz CT molecular complexity index is 288. The molecule has 1 atom stereocenters. The van der Waals surface area contributed by atoms with Gasteiger partial charge >= 0.3 is 0 Å². The number of hydrogen-bond acceptors (Lipinski definition) is 1. The van der Waals surface area contributed by atoms with Crippen molar-refractivity contribution in [2.75, 3.05) is 0 Å². The van der Waals surface area contributed by atoms with Crippen LogP contribution < -0.4 is 5.73 Å². The second-order valence-electron chi connectivity index (χ2n) is 2.17. The van der Waals surface area contributed by atoms with Crippen molar-refractivity contribution in [3.8, 4) is 12.3 Å². The molecule has 0 radical (unpaired) electrons. The first-order chi connectivity index (χ1) is 5.25. The Morgan fingerprint density at radius 2 is 2.09 bits per heavy atom. The van der Waals surface area contributed by atoms with Crippen LogP contribution in [0.4, 0.5) is 4.39 Å². The average molecular weight is 149 g/mol. The van der Waals surface area contributed by atoms with Gasteiger partial charge in [-0.15, -0.1) is 6.42 Å². The highest BCUT2D eigenvalue weighted by Crippen LogP contribution is 2.12. The number of hydrogen-bond donors (Lipinski definition) is 1. The van der Waals surface area contributed by atoms with Crippen LogP contribution in [0.5, 0.6) is 0 Å². The molecule has 1 nitrogen and oxygen atoms in total. The van der Waals surface area contributed by atoms with Crippen molar-refractivity contribution in [2.45, 2.75) is 6.04 Å². The van der Waals surface area contributed by atoms with Crippen molar-refractivity contribution < 1.29 is 4.39 Å². The zero-order chi connectivity index (χ0) is 8.27. The van der Waals surface area contributed by atoms with Gasteiger partial charge in [-0.3, -0.25) is 0 Å². The molecular formula is C9H8FN. The topological polar surface area (TPSA) is 26.0 Å². The summed E-state index contributed by atoms with van der Waals surface area (Å²) in [6.45, 7) is 0. The van der Waals surface area contributed by atoms with Crippen LogP contribution in [0.3, 0.4) is 0 Å². The third-order valence-corrected chi connectivity index (χ3v) is 1.42. The van der Waals surface area contributed by atoms with E-state index < -0.39 is 6.04 Å². The Kier molecular flexibility index (Phi) is 2.25. The van der Waals surface area contributed by atoms with Crippen LogP contribution in [-0.2, 0) is 0 Å². The molecule has 1 aromatic rings. The number of halogens is 1. The van der Waals surface area contributed by atoms with Crippen LogP contribution >= 0.6 is 0 Å². The second kappa shape index (κ2) is 3.18. The van der Waals surface area contributed by atoms with E-state index in [9.17, 15) is 4.39 Å². The molecule has 1 aromatic carbocycles. The van der Waals surface area contributed by atoms with Crippen LogP contribution in [-0.4, -0.2) is 0 Å². The van der Waals surface area contributed by atoms with Crippen molar-refractivity contribution in [3.63, 3.8) is 0 Å². The monoisotopic (exact) mass is 149 g/mol. The molecule has 0 fully saturated rings. The maximum absolute atomic E-state index is 12.9. The van der Waals surface area contributed by atoms with Gasteiger partial charge in [-0.2, -0.15) is 0 Å². The molecule has 56 valence electrons. The summed E-state index contributed by atoms with van der Waals surface area (Å²) in [7, 11) is 0. The highest BCUT2D eigenvalue weighted by Gasteiger charge is 2.05. The van der Waals surface area contributed by atoms with Gasteiger partial charge < -0.3 is 5.73 Å². The number of benzene rings is 1. The Balaban J connectivity index is 3.05. The van der Waals surface area contributed by atoms with Crippen LogP contribution in [0.15, 0.2) is 24.3 Å². The molecule has 2 N–H and O–H groups in total. The van der Waals surface area contributed by atoms with E-state index in [2.05, 4.69) is 5.92 Å². The summed E-state index contributed by atoms with van der Waals surface area (Å²) >= 11 is 0. The van der Waals surface area contributed by atoms with E-state index in [0.717, 1.165) is 0 Å². The molecule has 0 spiro atoms. The van der Waals surface area contributed by atoms with Gasteiger partial charge in [0.15, 0.2) is 0 Å². The highest BCUT2D eigenvalue weighted by molar-refractivity contribution is 5.26. The molecule has 0 bridgehead atoms. The molecule has 0 heterocycles. The first-order valence-electron chi connectivity index (χ1n) is 3.22. The van der Waals surface area contributed by atoms with Crippen LogP contribution in [0, 0.1) is 18.2 Å². The van der Waals surface area contributed by atoms with Crippen molar-refractivity contribution >= 4 is 0 Å². The van der Waals surface area contributed by atoms with E-state index >= 15 is 0 Å². The Hall–Kier alpha value is -1.33. The van der Waals surface area contributed by atoms with Gasteiger partial charge in [0.1, 0.15) is 5.82 Å². The normalized spacial score (nSPS) is 12.1. The Labute approximate surface area is 65.0 Å². The first-order valence-corrected chi connectivity index (χ1v) is 3.22. The fourth-order valence-electron chi connectivity index (χ4n) is 0.817. The molecule has 0 saturated heterocycles. The summed E-state index contributed by atoms with van der Waals surface area (Å²) in [5.74, 6) is 1.91. The predicted molar refractivity (Wildman–Crippen MR) is 42.2 cm³/mol. The van der Waals surface area contributed by atoms with Gasteiger partial charge in [0.2, 0.25) is 0 Å². The molecule has 0 aromatic heterocycles. The van der Waals surface area contributed by atoms with E-state index in [0.29, 0.717) is 5.56 Å². The van der Waals surface area contributed by atoms with Gasteiger partial charge in [-0.05, 0) is 6.07 Å². The lowest BCUT2D eigenvalue weighted by Gasteiger charge is -2.04. The maximum atomic E-state index is 12.9. The molecule has 2 heteroatoms. The average Bonchev–Trinajstić information content (AvgIpc) is 2.04. The zero-order valence-electron chi connectivity index (χ0n) is 5.92. The third-order valence-electron chi connectivity index (χ3n) is 1.42. The van der Waals surface area contributed by atoms with E-state index in [1.807, 2.05) is 0 Å². The summed E-state index contributed by atoms with van der Waals surface area (Å²) in [5.41, 5.74) is 5.79. The maximum Gasteiger partial charge on any atom is 0.128 e. The van der Waals surface area contributed by atoms with Gasteiger partial charge in [-0.25, -0.2) is 4.39 Å². The molecular weight excluding hydrogens is 141 g/mol. The number of terminal acetylenes is 1. The summed E-state index contributed by atoms with van der Waals surface area (Å²) in [5, 5.41) is 0. The molecule has 0 unspecified atom stereocenters. The lowest BCUT2D eigenvalue weighted by molar-refractivity contribution is 0.604. The van der Waals surface area contributed by atoms with Crippen LogP contribution in [0.1, 0.15) is 11.6 Å². The SMILES string of the molecule is C#C[C@@H](N)c1ccccc1F. The van der Waals surface area contributed by atoms with Crippen LogP contribution in [0.2, 0.25) is 0 Å². The molecule has 0 aliphatic rings. The minimum atomic E-state index is -0.642. The lowest BCUT2D eigenvalue weighted by Crippen LogP contribution is -2.08. The van der Waals surface area contributed by atoms with Gasteiger partial charge in [0.25, 0.3) is 0 Å². The Morgan fingerprint density at radius 3 is 2.64 bits per heavy atom. The molecule has 11 heavy (non-hydrogen) atoms. The quantitative estimate of drug-likeness (QED) is 0.601. The smallest absolute Gasteiger partial charge is 0.128 e. The second-order valence-corrected chi connectivity index (χ2v) is 2.17. The fraction of sp³-hybridized carbons (Fsp3) is 0.111. The number of nitrogens with two attached hydrogens (primary N) is 1. The lowest BCUT2D eigenvalue weighted by atomic mass is 10.1. The van der Waals surface area contributed by atoms with E-state index in [1.54, 1.807) is 18.2 Å². The van der Waals surface area contributed by atoms with Gasteiger partial charge in [0.05, 0.1) is 6.04 Å². The van der Waals surface area contributed by atoms with E-state index in [-0.39, 0.29) is 5.82 Å². The zero-order valence-corrected chi connectivity index (χ0v) is 5.92. The minimum absolute atomic E-state index is 0.349. The first kappa shape index (κ1) is 7.77. The number of rotatable bonds is 1. The summed E-state index contributed by atoms with van der Waals surface area (Å²) in [4.78, 5) is 0. The summed E-state index contributed by atoms with van der Waals surface area (Å²) in [6, 6.07) is 5.58. The third kappa shape index (κ3) is 1.57. The minimum Gasteiger partial charge on any atom is -0.314 e. The predicted octanol–water partition coefficient (Wildman–Crippen LogP) is 1.46. The fourth-order valence-corrected chi connectivity index (χ4v) is 0.817. The highest BCUT2D eigenvalue weighted by atomic mass is 19.1. The standard InChI is InChI=1S/C9H8FN/c1-2-9(11)7-5-3-4-6-8(7)10/h1,3-6,9H,11H2/t9-/m1/s1. The van der Waals surface area contributed by atoms with Crippen molar-refractivity contribution in [2.24, 2.45) is 5.73 Å². The van der Waals surface area contributed by atoms with E-state index in [4.69, 9.17) is 12.2 Å². The summed E-state index contributed by atoms with van der Waals surface area (Å²) in [6.07, 6.45) is 5.03. The summed E-state index contributed by atoms with van der Waals surface area (Å²) < 4.78 is 12.9. The molecule has 0 saturated carbocycles.